The van der Waals surface area contributed by atoms with Crippen molar-refractivity contribution in [3.8, 4) is 0 Å². The molecule has 108 valence electrons. The van der Waals surface area contributed by atoms with Crippen LogP contribution in [-0.4, -0.2) is 43.3 Å². The molecule has 1 aromatic rings. The number of rotatable bonds is 5. The molecule has 1 aliphatic heterocycles. The van der Waals surface area contributed by atoms with Crippen molar-refractivity contribution in [2.45, 2.75) is 31.7 Å². The van der Waals surface area contributed by atoms with E-state index in [1.807, 2.05) is 6.92 Å². The molecule has 1 fully saturated rings. The van der Waals surface area contributed by atoms with Crippen LogP contribution < -0.4 is 5.73 Å². The second kappa shape index (κ2) is 5.18. The first-order valence-corrected chi connectivity index (χ1v) is 8.07. The molecule has 0 radical (unpaired) electrons. The van der Waals surface area contributed by atoms with Gasteiger partial charge in [0.2, 0.25) is 5.89 Å². The van der Waals surface area contributed by atoms with Crippen molar-refractivity contribution < 1.29 is 17.7 Å². The van der Waals surface area contributed by atoms with E-state index in [0.717, 1.165) is 0 Å². The summed E-state index contributed by atoms with van der Waals surface area (Å²) in [5.74, 6) is 0.730. The highest BCUT2D eigenvalue weighted by Crippen LogP contribution is 2.28. The molecule has 2 heterocycles. The van der Waals surface area contributed by atoms with Crippen molar-refractivity contribution >= 4 is 9.84 Å². The van der Waals surface area contributed by atoms with E-state index in [4.69, 9.17) is 15.0 Å². The van der Waals surface area contributed by atoms with Crippen LogP contribution in [0.3, 0.4) is 0 Å². The van der Waals surface area contributed by atoms with Crippen molar-refractivity contribution in [2.24, 2.45) is 5.73 Å². The first kappa shape index (κ1) is 14.4. The second-order valence-electron chi connectivity index (χ2n) is 5.11. The van der Waals surface area contributed by atoms with Crippen molar-refractivity contribution in [2.75, 3.05) is 24.7 Å². The molecule has 2 unspecified atom stereocenters. The topological polar surface area (TPSA) is 108 Å². The smallest absolute Gasteiger partial charge is 0.230 e. The summed E-state index contributed by atoms with van der Waals surface area (Å²) < 4.78 is 33.3. The Morgan fingerprint density at radius 3 is 2.89 bits per heavy atom. The highest BCUT2D eigenvalue weighted by Gasteiger charge is 2.35. The molecule has 1 saturated heterocycles. The highest BCUT2D eigenvalue weighted by atomic mass is 32.2. The van der Waals surface area contributed by atoms with E-state index in [1.165, 1.54) is 0 Å². The summed E-state index contributed by atoms with van der Waals surface area (Å²) in [6.45, 7) is 4.47. The third-order valence-corrected chi connectivity index (χ3v) is 4.91. The zero-order valence-corrected chi connectivity index (χ0v) is 11.9. The van der Waals surface area contributed by atoms with Crippen LogP contribution in [0.2, 0.25) is 0 Å². The van der Waals surface area contributed by atoms with Gasteiger partial charge in [0.15, 0.2) is 15.7 Å². The molecule has 2 N–H and O–H groups in total. The Bertz CT molecular complexity index is 538. The zero-order chi connectivity index (χ0) is 14.1. The number of sulfone groups is 1. The van der Waals surface area contributed by atoms with Crippen LogP contribution in [0.25, 0.3) is 0 Å². The molecule has 0 saturated carbocycles. The summed E-state index contributed by atoms with van der Waals surface area (Å²) in [7, 11) is -2.97. The van der Waals surface area contributed by atoms with E-state index in [-0.39, 0.29) is 24.0 Å². The SMILES string of the molecule is CCOCC(C)(N)c1noc(C2CCS(=O)(=O)C2)n1. The van der Waals surface area contributed by atoms with Crippen LogP contribution in [0.5, 0.6) is 0 Å². The molecular weight excluding hydrogens is 270 g/mol. The van der Waals surface area contributed by atoms with Gasteiger partial charge in [-0.05, 0) is 20.3 Å². The Balaban J connectivity index is 2.11. The van der Waals surface area contributed by atoms with Crippen LogP contribution in [0.15, 0.2) is 4.52 Å². The summed E-state index contributed by atoms with van der Waals surface area (Å²) in [5, 5.41) is 3.85. The van der Waals surface area contributed by atoms with Crippen LogP contribution in [0, 0.1) is 0 Å². The molecule has 0 bridgehead atoms. The van der Waals surface area contributed by atoms with Gasteiger partial charge in [0.1, 0.15) is 5.54 Å². The fraction of sp³-hybridized carbons (Fsp3) is 0.818. The van der Waals surface area contributed by atoms with Gasteiger partial charge in [-0.1, -0.05) is 5.16 Å². The number of hydrogen-bond donors (Lipinski definition) is 1. The first-order valence-electron chi connectivity index (χ1n) is 6.25. The van der Waals surface area contributed by atoms with E-state index in [2.05, 4.69) is 10.1 Å². The fourth-order valence-corrected chi connectivity index (χ4v) is 3.73. The summed E-state index contributed by atoms with van der Waals surface area (Å²) in [6.07, 6.45) is 0.525. The van der Waals surface area contributed by atoms with E-state index < -0.39 is 15.4 Å². The van der Waals surface area contributed by atoms with Crippen LogP contribution in [0.4, 0.5) is 0 Å². The molecule has 2 atom stereocenters. The van der Waals surface area contributed by atoms with Gasteiger partial charge in [0.25, 0.3) is 0 Å². The maximum absolute atomic E-state index is 11.4. The van der Waals surface area contributed by atoms with Crippen molar-refractivity contribution in [1.29, 1.82) is 0 Å². The third kappa shape index (κ3) is 3.31. The van der Waals surface area contributed by atoms with E-state index in [9.17, 15) is 8.42 Å². The Labute approximate surface area is 112 Å². The number of aromatic nitrogens is 2. The van der Waals surface area contributed by atoms with Gasteiger partial charge in [-0.15, -0.1) is 0 Å². The van der Waals surface area contributed by atoms with E-state index in [0.29, 0.717) is 24.7 Å². The predicted molar refractivity (Wildman–Crippen MR) is 68.3 cm³/mol. The Kier molecular flexibility index (Phi) is 3.93. The Morgan fingerprint density at radius 1 is 1.58 bits per heavy atom. The molecule has 0 amide bonds. The molecule has 0 aromatic carbocycles. The molecule has 0 spiro atoms. The van der Waals surface area contributed by atoms with E-state index >= 15 is 0 Å². The lowest BCUT2D eigenvalue weighted by molar-refractivity contribution is 0.0962. The first-order chi connectivity index (χ1) is 8.84. The van der Waals surface area contributed by atoms with Gasteiger partial charge < -0.3 is 15.0 Å². The lowest BCUT2D eigenvalue weighted by Crippen LogP contribution is -2.39. The largest absolute Gasteiger partial charge is 0.379 e. The molecule has 19 heavy (non-hydrogen) atoms. The summed E-state index contributed by atoms with van der Waals surface area (Å²) >= 11 is 0. The van der Waals surface area contributed by atoms with Crippen LogP contribution >= 0.6 is 0 Å². The normalized spacial score (nSPS) is 25.3. The molecular formula is C11H19N3O4S. The van der Waals surface area contributed by atoms with Crippen LogP contribution in [0.1, 0.15) is 37.9 Å². The zero-order valence-electron chi connectivity index (χ0n) is 11.1. The Morgan fingerprint density at radius 2 is 2.32 bits per heavy atom. The van der Waals surface area contributed by atoms with Crippen molar-refractivity contribution in [3.05, 3.63) is 11.7 Å². The number of ether oxygens (including phenoxy) is 1. The van der Waals surface area contributed by atoms with Crippen LogP contribution in [-0.2, 0) is 20.1 Å². The van der Waals surface area contributed by atoms with Gasteiger partial charge in [-0.2, -0.15) is 4.98 Å². The molecule has 8 heteroatoms. The summed E-state index contributed by atoms with van der Waals surface area (Å²) in [4.78, 5) is 4.24. The van der Waals surface area contributed by atoms with Gasteiger partial charge in [0, 0.05) is 6.61 Å². The maximum Gasteiger partial charge on any atom is 0.230 e. The number of nitrogens with two attached hydrogens (primary N) is 1. The highest BCUT2D eigenvalue weighted by molar-refractivity contribution is 7.91. The molecule has 2 rings (SSSR count). The number of hydrogen-bond acceptors (Lipinski definition) is 7. The fourth-order valence-electron chi connectivity index (χ4n) is 2.00. The van der Waals surface area contributed by atoms with Gasteiger partial charge >= 0.3 is 0 Å². The monoisotopic (exact) mass is 289 g/mol. The standard InChI is InChI=1S/C11H19N3O4S/c1-3-17-7-11(2,12)10-13-9(18-14-10)8-4-5-19(15,16)6-8/h8H,3-7,12H2,1-2H3. The quantitative estimate of drug-likeness (QED) is 0.823. The molecule has 1 aromatic heterocycles. The average Bonchev–Trinajstić information content (AvgIpc) is 2.93. The third-order valence-electron chi connectivity index (χ3n) is 3.14. The summed E-state index contributed by atoms with van der Waals surface area (Å²) in [6, 6.07) is 0. The molecule has 7 nitrogen and oxygen atoms in total. The predicted octanol–water partition coefficient (Wildman–Crippen LogP) is 0.182. The van der Waals surface area contributed by atoms with Gasteiger partial charge in [0.05, 0.1) is 24.0 Å². The molecule has 0 aliphatic carbocycles. The van der Waals surface area contributed by atoms with Gasteiger partial charge in [-0.25, -0.2) is 8.42 Å². The minimum absolute atomic E-state index is 0.0708. The lowest BCUT2D eigenvalue weighted by atomic mass is 10.0. The van der Waals surface area contributed by atoms with Gasteiger partial charge in [-0.3, -0.25) is 0 Å². The molecule has 1 aliphatic rings. The number of nitrogens with zero attached hydrogens (tertiary/aromatic N) is 2. The second-order valence-corrected chi connectivity index (χ2v) is 7.34. The minimum atomic E-state index is -2.97. The minimum Gasteiger partial charge on any atom is -0.379 e. The average molecular weight is 289 g/mol. The van der Waals surface area contributed by atoms with Crippen molar-refractivity contribution in [3.63, 3.8) is 0 Å². The lowest BCUT2D eigenvalue weighted by Gasteiger charge is -2.19. The van der Waals surface area contributed by atoms with Crippen molar-refractivity contribution in [1.82, 2.24) is 10.1 Å². The van der Waals surface area contributed by atoms with E-state index in [1.54, 1.807) is 6.92 Å². The maximum atomic E-state index is 11.4. The summed E-state index contributed by atoms with van der Waals surface area (Å²) in [5.41, 5.74) is 5.22. The Hall–Kier alpha value is -0.990.